The third-order valence-electron chi connectivity index (χ3n) is 3.41. The van der Waals surface area contributed by atoms with Crippen LogP contribution in [0.1, 0.15) is 33.1 Å². The molecule has 0 spiro atoms. The van der Waals surface area contributed by atoms with Gasteiger partial charge in [0.2, 0.25) is 0 Å². The average molecular weight is 272 g/mol. The lowest BCUT2D eigenvalue weighted by Gasteiger charge is -2.28. The van der Waals surface area contributed by atoms with E-state index in [4.69, 9.17) is 5.73 Å². The average Bonchev–Trinajstić information content (AvgIpc) is 2.84. The molecule has 6 nitrogen and oxygen atoms in total. The zero-order valence-electron chi connectivity index (χ0n) is 11.8. The van der Waals surface area contributed by atoms with Crippen molar-refractivity contribution in [1.29, 1.82) is 0 Å². The maximum absolute atomic E-state index is 12.2. The zero-order valence-corrected chi connectivity index (χ0v) is 11.8. The number of esters is 1. The van der Waals surface area contributed by atoms with Gasteiger partial charge in [0.25, 0.3) is 5.91 Å². The number of methoxy groups -OCH3 is 1. The van der Waals surface area contributed by atoms with Crippen molar-refractivity contribution in [3.63, 3.8) is 0 Å². The molecule has 0 radical (unpaired) electrons. The molecule has 0 aromatic rings. The summed E-state index contributed by atoms with van der Waals surface area (Å²) in [6.45, 7) is 4.42. The lowest BCUT2D eigenvalue weighted by Crippen LogP contribution is -2.51. The maximum atomic E-state index is 12.2. The van der Waals surface area contributed by atoms with Gasteiger partial charge in [0, 0.05) is 12.6 Å². The van der Waals surface area contributed by atoms with Gasteiger partial charge in [-0.1, -0.05) is 13.8 Å². The van der Waals surface area contributed by atoms with Crippen LogP contribution in [0.15, 0.2) is 0 Å². The highest BCUT2D eigenvalue weighted by Crippen LogP contribution is 2.20. The highest BCUT2D eigenvalue weighted by atomic mass is 16.5. The van der Waals surface area contributed by atoms with E-state index in [0.717, 1.165) is 6.42 Å². The Hall–Kier alpha value is -1.14. The van der Waals surface area contributed by atoms with E-state index in [9.17, 15) is 14.7 Å². The van der Waals surface area contributed by atoms with Gasteiger partial charge in [0.05, 0.1) is 7.11 Å². The van der Waals surface area contributed by atoms with E-state index in [2.05, 4.69) is 4.74 Å². The number of aliphatic hydroxyl groups excluding tert-OH is 1. The molecule has 1 amide bonds. The van der Waals surface area contributed by atoms with Gasteiger partial charge in [0.1, 0.15) is 12.1 Å². The van der Waals surface area contributed by atoms with E-state index in [-0.39, 0.29) is 0 Å². The minimum atomic E-state index is -1.26. The van der Waals surface area contributed by atoms with Crippen molar-refractivity contribution in [2.75, 3.05) is 13.7 Å². The van der Waals surface area contributed by atoms with Crippen LogP contribution < -0.4 is 5.73 Å². The highest BCUT2D eigenvalue weighted by Gasteiger charge is 2.38. The van der Waals surface area contributed by atoms with Crippen LogP contribution in [0, 0.1) is 5.92 Å². The van der Waals surface area contributed by atoms with Gasteiger partial charge < -0.3 is 20.5 Å². The first-order chi connectivity index (χ1) is 8.88. The van der Waals surface area contributed by atoms with Crippen LogP contribution >= 0.6 is 0 Å². The topological polar surface area (TPSA) is 92.9 Å². The Morgan fingerprint density at radius 3 is 2.63 bits per heavy atom. The van der Waals surface area contributed by atoms with Crippen LogP contribution in [0.3, 0.4) is 0 Å². The molecular weight excluding hydrogens is 248 g/mol. The molecule has 3 N–H and O–H groups in total. The fraction of sp³-hybridized carbons (Fsp3) is 0.846. The highest BCUT2D eigenvalue weighted by molar-refractivity contribution is 5.87. The monoisotopic (exact) mass is 272 g/mol. The molecule has 3 atom stereocenters. The van der Waals surface area contributed by atoms with Crippen LogP contribution in [0.5, 0.6) is 0 Å². The van der Waals surface area contributed by atoms with Crippen LogP contribution in [0.4, 0.5) is 0 Å². The second kappa shape index (κ2) is 6.86. The molecule has 0 aliphatic carbocycles. The van der Waals surface area contributed by atoms with Crippen LogP contribution in [0.2, 0.25) is 0 Å². The Kier molecular flexibility index (Phi) is 5.75. The van der Waals surface area contributed by atoms with Gasteiger partial charge in [-0.05, 0) is 25.2 Å². The summed E-state index contributed by atoms with van der Waals surface area (Å²) in [6.07, 6.45) is 0.610. The quantitative estimate of drug-likeness (QED) is 0.681. The van der Waals surface area contributed by atoms with Gasteiger partial charge in [-0.25, -0.2) is 4.79 Å². The molecule has 110 valence electrons. The van der Waals surface area contributed by atoms with Crippen molar-refractivity contribution in [3.05, 3.63) is 0 Å². The summed E-state index contributed by atoms with van der Waals surface area (Å²) in [7, 11) is 1.30. The fourth-order valence-electron chi connectivity index (χ4n) is 2.44. The van der Waals surface area contributed by atoms with Crippen molar-refractivity contribution in [2.45, 2.75) is 51.3 Å². The summed E-state index contributed by atoms with van der Waals surface area (Å²) in [5.41, 5.74) is 5.83. The lowest BCUT2D eigenvalue weighted by molar-refractivity contribution is -0.154. The number of likely N-dealkylation sites (tertiary alicyclic amines) is 1. The summed E-state index contributed by atoms with van der Waals surface area (Å²) in [5.74, 6) is -0.607. The minimum Gasteiger partial charge on any atom is -0.467 e. The molecule has 6 heteroatoms. The van der Waals surface area contributed by atoms with E-state index in [1.807, 2.05) is 13.8 Å². The molecule has 0 saturated carbocycles. The van der Waals surface area contributed by atoms with Crippen molar-refractivity contribution in [1.82, 2.24) is 4.90 Å². The molecule has 1 aliphatic rings. The first-order valence-corrected chi connectivity index (χ1v) is 6.70. The Balaban J connectivity index is 2.67. The van der Waals surface area contributed by atoms with Gasteiger partial charge in [0.15, 0.2) is 0 Å². The van der Waals surface area contributed by atoms with Gasteiger partial charge in [-0.15, -0.1) is 0 Å². The second-order valence-corrected chi connectivity index (χ2v) is 5.45. The molecule has 19 heavy (non-hydrogen) atoms. The SMILES string of the molecule is COC(=O)[C@@H]1CCCN1C(=O)[C@@H](O)[C@@H](N)CC(C)C. The predicted molar refractivity (Wildman–Crippen MR) is 70.2 cm³/mol. The molecular formula is C13H24N2O4. The Morgan fingerprint density at radius 1 is 1.47 bits per heavy atom. The molecule has 1 saturated heterocycles. The van der Waals surface area contributed by atoms with Gasteiger partial charge in [-0.2, -0.15) is 0 Å². The lowest BCUT2D eigenvalue weighted by atomic mass is 9.99. The number of rotatable bonds is 5. The summed E-state index contributed by atoms with van der Waals surface area (Å²) in [5, 5.41) is 10.00. The summed E-state index contributed by atoms with van der Waals surface area (Å²) in [4.78, 5) is 25.1. The van der Waals surface area contributed by atoms with Crippen molar-refractivity contribution < 1.29 is 19.4 Å². The van der Waals surface area contributed by atoms with Crippen LogP contribution in [-0.2, 0) is 14.3 Å². The largest absolute Gasteiger partial charge is 0.467 e. The fourth-order valence-corrected chi connectivity index (χ4v) is 2.44. The standard InChI is InChI=1S/C13H24N2O4/c1-8(2)7-9(14)11(16)12(17)15-6-4-5-10(15)13(18)19-3/h8-11,16H,4-7,14H2,1-3H3/t9-,10-,11-/m0/s1. The van der Waals surface area contributed by atoms with Crippen LogP contribution in [-0.4, -0.2) is 53.7 Å². The molecule has 1 fully saturated rings. The number of hydrogen-bond acceptors (Lipinski definition) is 5. The molecule has 0 bridgehead atoms. The smallest absolute Gasteiger partial charge is 0.328 e. The van der Waals surface area contributed by atoms with Gasteiger partial charge >= 0.3 is 5.97 Å². The molecule has 1 aliphatic heterocycles. The predicted octanol–water partition coefficient (Wildman–Crippen LogP) is -0.115. The second-order valence-electron chi connectivity index (χ2n) is 5.45. The number of aliphatic hydroxyl groups is 1. The van der Waals surface area contributed by atoms with Gasteiger partial charge in [-0.3, -0.25) is 4.79 Å². The number of hydrogen-bond donors (Lipinski definition) is 2. The first-order valence-electron chi connectivity index (χ1n) is 6.70. The molecule has 0 aromatic carbocycles. The van der Waals surface area contributed by atoms with E-state index >= 15 is 0 Å². The molecule has 1 rings (SSSR count). The van der Waals surface area contributed by atoms with E-state index in [0.29, 0.717) is 25.3 Å². The Labute approximate surface area is 113 Å². The number of amides is 1. The van der Waals surface area contributed by atoms with Crippen molar-refractivity contribution in [3.8, 4) is 0 Å². The Morgan fingerprint density at radius 2 is 2.11 bits per heavy atom. The number of carbonyl (C=O) groups excluding carboxylic acids is 2. The third-order valence-corrected chi connectivity index (χ3v) is 3.41. The molecule has 0 unspecified atom stereocenters. The van der Waals surface area contributed by atoms with Crippen LogP contribution in [0.25, 0.3) is 0 Å². The summed E-state index contributed by atoms with van der Waals surface area (Å²) < 4.78 is 4.67. The zero-order chi connectivity index (χ0) is 14.6. The summed E-state index contributed by atoms with van der Waals surface area (Å²) >= 11 is 0. The van der Waals surface area contributed by atoms with Crippen molar-refractivity contribution in [2.24, 2.45) is 11.7 Å². The van der Waals surface area contributed by atoms with E-state index in [1.165, 1.54) is 12.0 Å². The molecule has 0 aromatic heterocycles. The first kappa shape index (κ1) is 15.9. The van der Waals surface area contributed by atoms with E-state index in [1.54, 1.807) is 0 Å². The van der Waals surface area contributed by atoms with E-state index < -0.39 is 30.1 Å². The number of nitrogens with zero attached hydrogens (tertiary/aromatic N) is 1. The summed E-state index contributed by atoms with van der Waals surface area (Å²) in [6, 6.07) is -1.19. The number of ether oxygens (including phenoxy) is 1. The minimum absolute atomic E-state index is 0.299. The normalized spacial score (nSPS) is 22.4. The Bertz CT molecular complexity index is 333. The van der Waals surface area contributed by atoms with Crippen molar-refractivity contribution >= 4 is 11.9 Å². The number of nitrogens with two attached hydrogens (primary N) is 1. The third kappa shape index (κ3) is 3.91. The number of carbonyl (C=O) groups is 2. The molecule has 1 heterocycles. The maximum Gasteiger partial charge on any atom is 0.328 e.